The lowest BCUT2D eigenvalue weighted by Gasteiger charge is -2.14. The molecule has 39 heavy (non-hydrogen) atoms. The molecule has 7 nitrogen and oxygen atoms in total. The van der Waals surface area contributed by atoms with Crippen LogP contribution in [0.15, 0.2) is 109 Å². The van der Waals surface area contributed by atoms with Gasteiger partial charge in [0.05, 0.1) is 5.69 Å². The molecule has 0 aliphatic rings. The molecular formula is C28H24F3NO6S. The van der Waals surface area contributed by atoms with Crippen molar-refractivity contribution in [3.05, 3.63) is 125 Å². The molecule has 3 rings (SSSR count). The van der Waals surface area contributed by atoms with E-state index in [0.29, 0.717) is 0 Å². The number of ether oxygens (including phenoxy) is 2. The van der Waals surface area contributed by atoms with Crippen molar-refractivity contribution in [3.8, 4) is 0 Å². The molecule has 3 aromatic rings. The molecule has 0 heterocycles. The minimum Gasteiger partial charge on any atom is -0.458 e. The highest BCUT2D eigenvalue weighted by Crippen LogP contribution is 2.28. The zero-order valence-electron chi connectivity index (χ0n) is 20.4. The summed E-state index contributed by atoms with van der Waals surface area (Å²) in [7, 11) is -5.68. The number of esters is 2. The molecule has 0 saturated heterocycles. The van der Waals surface area contributed by atoms with E-state index >= 15 is 0 Å². The van der Waals surface area contributed by atoms with Crippen molar-refractivity contribution < 1.29 is 40.7 Å². The predicted molar refractivity (Wildman–Crippen MR) is 138 cm³/mol. The van der Waals surface area contributed by atoms with Crippen LogP contribution in [0.25, 0.3) is 0 Å². The van der Waals surface area contributed by atoms with Gasteiger partial charge in [0.2, 0.25) is 0 Å². The summed E-state index contributed by atoms with van der Waals surface area (Å²) >= 11 is 0. The average molecular weight is 560 g/mol. The van der Waals surface area contributed by atoms with Gasteiger partial charge in [-0.3, -0.25) is 4.72 Å². The smallest absolute Gasteiger partial charge is 0.458 e. The van der Waals surface area contributed by atoms with Gasteiger partial charge >= 0.3 is 27.5 Å². The summed E-state index contributed by atoms with van der Waals surface area (Å²) in [5.74, 6) is -1.50. The molecule has 0 fully saturated rings. The zero-order chi connectivity index (χ0) is 28.3. The summed E-state index contributed by atoms with van der Waals surface area (Å²) in [6, 6.07) is 23.1. The number of sulfonamides is 1. The number of para-hydroxylation sites is 1. The van der Waals surface area contributed by atoms with Crippen LogP contribution in [0.4, 0.5) is 18.9 Å². The number of hydrogen-bond donors (Lipinski definition) is 1. The number of carbonyl (C=O) groups excluding carboxylic acids is 2. The van der Waals surface area contributed by atoms with Gasteiger partial charge in [-0.25, -0.2) is 9.59 Å². The molecule has 11 heteroatoms. The number of halogens is 3. The number of rotatable bonds is 11. The van der Waals surface area contributed by atoms with Crippen LogP contribution in [-0.4, -0.2) is 25.9 Å². The first-order chi connectivity index (χ1) is 18.5. The Kier molecular flexibility index (Phi) is 10.0. The summed E-state index contributed by atoms with van der Waals surface area (Å²) < 4.78 is 74.1. The van der Waals surface area contributed by atoms with E-state index in [1.54, 1.807) is 54.6 Å². The van der Waals surface area contributed by atoms with E-state index in [1.165, 1.54) is 29.0 Å². The SMILES string of the molecule is O=C(/C=C(\C=C\C(=O)OCc1ccccc1)Cc1ccccc1NS(=O)(=O)C(F)(F)F)OCc1ccccc1. The lowest BCUT2D eigenvalue weighted by molar-refractivity contribution is -0.140. The van der Waals surface area contributed by atoms with Crippen molar-refractivity contribution >= 4 is 27.6 Å². The van der Waals surface area contributed by atoms with E-state index in [9.17, 15) is 31.2 Å². The second kappa shape index (κ2) is 13.4. The topological polar surface area (TPSA) is 98.8 Å². The van der Waals surface area contributed by atoms with Crippen LogP contribution in [0.5, 0.6) is 0 Å². The van der Waals surface area contributed by atoms with Crippen LogP contribution < -0.4 is 4.72 Å². The zero-order valence-corrected chi connectivity index (χ0v) is 21.2. The lowest BCUT2D eigenvalue weighted by atomic mass is 10.0. The van der Waals surface area contributed by atoms with Crippen LogP contribution in [0, 0.1) is 0 Å². The van der Waals surface area contributed by atoms with Crippen LogP contribution in [0.2, 0.25) is 0 Å². The van der Waals surface area contributed by atoms with E-state index in [2.05, 4.69) is 0 Å². The first kappa shape index (κ1) is 29.2. The number of alkyl halides is 3. The number of carbonyl (C=O) groups is 2. The van der Waals surface area contributed by atoms with Gasteiger partial charge < -0.3 is 9.47 Å². The van der Waals surface area contributed by atoms with Gasteiger partial charge in [0, 0.05) is 12.2 Å². The van der Waals surface area contributed by atoms with Crippen molar-refractivity contribution in [1.29, 1.82) is 0 Å². The molecule has 0 radical (unpaired) electrons. The average Bonchev–Trinajstić information content (AvgIpc) is 2.91. The Morgan fingerprint density at radius 3 is 1.82 bits per heavy atom. The fourth-order valence-corrected chi connectivity index (χ4v) is 3.83. The third-order valence-electron chi connectivity index (χ3n) is 5.15. The Balaban J connectivity index is 1.80. The highest BCUT2D eigenvalue weighted by Gasteiger charge is 2.46. The fourth-order valence-electron chi connectivity index (χ4n) is 3.23. The number of nitrogens with one attached hydrogen (secondary N) is 1. The number of anilines is 1. The fraction of sp³-hybridized carbons (Fsp3) is 0.143. The maximum absolute atomic E-state index is 12.9. The number of benzene rings is 3. The summed E-state index contributed by atoms with van der Waals surface area (Å²) in [5, 5.41) is 0. The quantitative estimate of drug-likeness (QED) is 0.190. The van der Waals surface area contributed by atoms with Crippen LogP contribution in [0.3, 0.4) is 0 Å². The molecule has 3 aromatic carbocycles. The Labute approximate surface area is 223 Å². The normalized spacial score (nSPS) is 12.2. The Bertz CT molecular complexity index is 1440. The molecule has 0 aliphatic heterocycles. The molecule has 0 aromatic heterocycles. The molecule has 0 saturated carbocycles. The second-order valence-corrected chi connectivity index (χ2v) is 9.80. The van der Waals surface area contributed by atoms with Gasteiger partial charge in [-0.2, -0.15) is 21.6 Å². The minimum absolute atomic E-state index is 0.00420. The summed E-state index contributed by atoms with van der Waals surface area (Å²) in [4.78, 5) is 24.8. The molecule has 0 spiro atoms. The van der Waals surface area contributed by atoms with Gasteiger partial charge in [-0.1, -0.05) is 84.9 Å². The third-order valence-corrected chi connectivity index (χ3v) is 6.24. The monoisotopic (exact) mass is 559 g/mol. The highest BCUT2D eigenvalue weighted by atomic mass is 32.2. The van der Waals surface area contributed by atoms with E-state index in [4.69, 9.17) is 9.47 Å². The molecule has 0 bridgehead atoms. The Morgan fingerprint density at radius 2 is 1.26 bits per heavy atom. The summed E-state index contributed by atoms with van der Waals surface area (Å²) in [5.41, 5.74) is -4.10. The van der Waals surface area contributed by atoms with Crippen LogP contribution >= 0.6 is 0 Å². The first-order valence-electron chi connectivity index (χ1n) is 11.5. The van der Waals surface area contributed by atoms with Crippen molar-refractivity contribution in [2.75, 3.05) is 4.72 Å². The third kappa shape index (κ3) is 9.46. The van der Waals surface area contributed by atoms with Gasteiger partial charge in [-0.15, -0.1) is 0 Å². The van der Waals surface area contributed by atoms with Gasteiger partial charge in [0.15, 0.2) is 0 Å². The van der Waals surface area contributed by atoms with Gasteiger partial charge in [0.25, 0.3) is 0 Å². The molecule has 0 atom stereocenters. The van der Waals surface area contributed by atoms with Crippen molar-refractivity contribution in [3.63, 3.8) is 0 Å². The number of hydrogen-bond acceptors (Lipinski definition) is 6. The second-order valence-electron chi connectivity index (χ2n) is 8.12. The molecule has 0 unspecified atom stereocenters. The van der Waals surface area contributed by atoms with Crippen molar-refractivity contribution in [2.45, 2.75) is 25.1 Å². The summed E-state index contributed by atoms with van der Waals surface area (Å²) in [6.45, 7) is -0.0293. The minimum atomic E-state index is -5.68. The molecule has 0 amide bonds. The van der Waals surface area contributed by atoms with E-state index in [1.807, 2.05) is 6.07 Å². The Morgan fingerprint density at radius 1 is 0.744 bits per heavy atom. The lowest BCUT2D eigenvalue weighted by Crippen LogP contribution is -2.30. The standard InChI is InChI=1S/C28H24F3NO6S/c29-28(30,31)39(35,36)32-25-14-8-7-13-24(25)17-23(18-27(34)38-20-22-11-5-2-6-12-22)15-16-26(33)37-19-21-9-3-1-4-10-21/h1-16,18,32H,17,19-20H2/b16-15+,23-18+. The largest absolute Gasteiger partial charge is 0.516 e. The first-order valence-corrected chi connectivity index (χ1v) is 13.0. The Hall–Kier alpha value is -4.38. The van der Waals surface area contributed by atoms with Gasteiger partial charge in [-0.05, 0) is 34.8 Å². The van der Waals surface area contributed by atoms with E-state index in [0.717, 1.165) is 29.3 Å². The number of allylic oxidation sites excluding steroid dienone is 2. The van der Waals surface area contributed by atoms with E-state index in [-0.39, 0.29) is 36.5 Å². The highest BCUT2D eigenvalue weighted by molar-refractivity contribution is 7.93. The predicted octanol–water partition coefficient (Wildman–Crippen LogP) is 5.46. The molecule has 1 N–H and O–H groups in total. The maximum atomic E-state index is 12.9. The summed E-state index contributed by atoms with van der Waals surface area (Å²) in [6.07, 6.45) is 3.17. The molecular weight excluding hydrogens is 535 g/mol. The maximum Gasteiger partial charge on any atom is 0.516 e. The van der Waals surface area contributed by atoms with Crippen molar-refractivity contribution in [1.82, 2.24) is 0 Å². The van der Waals surface area contributed by atoms with Crippen LogP contribution in [-0.2, 0) is 48.7 Å². The molecule has 204 valence electrons. The molecule has 0 aliphatic carbocycles. The van der Waals surface area contributed by atoms with Crippen LogP contribution in [0.1, 0.15) is 16.7 Å². The van der Waals surface area contributed by atoms with Crippen molar-refractivity contribution in [2.24, 2.45) is 0 Å². The van der Waals surface area contributed by atoms with Gasteiger partial charge in [0.1, 0.15) is 13.2 Å². The van der Waals surface area contributed by atoms with E-state index < -0.39 is 27.5 Å².